The number of thioether (sulfide) groups is 1. The molecular formula is C12H9ClF3NO2S. The highest BCUT2D eigenvalue weighted by molar-refractivity contribution is 8.00. The number of nitriles is 1. The second-order valence-corrected chi connectivity index (χ2v) is 4.89. The van der Waals surface area contributed by atoms with Gasteiger partial charge in [0.15, 0.2) is 0 Å². The zero-order chi connectivity index (χ0) is 15.3. The van der Waals surface area contributed by atoms with Crippen molar-refractivity contribution in [1.29, 1.82) is 5.26 Å². The molecule has 0 N–H and O–H groups in total. The Morgan fingerprint density at radius 1 is 1.50 bits per heavy atom. The van der Waals surface area contributed by atoms with E-state index in [0.717, 1.165) is 12.1 Å². The third kappa shape index (κ3) is 4.32. The molecule has 0 bridgehead atoms. The molecule has 108 valence electrons. The van der Waals surface area contributed by atoms with E-state index in [2.05, 4.69) is 0 Å². The molecule has 0 amide bonds. The maximum atomic E-state index is 12.4. The Hall–Kier alpha value is -1.39. The molecule has 0 aliphatic carbocycles. The Balaban J connectivity index is 3.31. The molecule has 0 saturated heterocycles. The Morgan fingerprint density at radius 2 is 2.15 bits per heavy atom. The normalized spacial score (nSPS) is 11.0. The lowest BCUT2D eigenvalue weighted by Gasteiger charge is -2.12. The van der Waals surface area contributed by atoms with Gasteiger partial charge in [0.25, 0.3) is 0 Å². The van der Waals surface area contributed by atoms with Crippen LogP contribution in [0.15, 0.2) is 17.0 Å². The fourth-order valence-electron chi connectivity index (χ4n) is 1.42. The van der Waals surface area contributed by atoms with E-state index in [1.807, 2.05) is 0 Å². The fourth-order valence-corrected chi connectivity index (χ4v) is 2.41. The predicted octanol–water partition coefficient (Wildman–Crippen LogP) is 4.09. The number of carbonyl (C=O) groups is 1. The highest BCUT2D eigenvalue weighted by Crippen LogP contribution is 2.40. The van der Waals surface area contributed by atoms with Gasteiger partial charge in [0, 0.05) is 10.8 Å². The van der Waals surface area contributed by atoms with Crippen LogP contribution in [0.2, 0.25) is 0 Å². The lowest BCUT2D eigenvalue weighted by atomic mass is 10.1. The van der Waals surface area contributed by atoms with Crippen molar-refractivity contribution in [1.82, 2.24) is 0 Å². The van der Waals surface area contributed by atoms with Crippen LogP contribution in [-0.4, -0.2) is 18.1 Å². The van der Waals surface area contributed by atoms with Gasteiger partial charge in [-0.2, -0.15) is 18.4 Å². The lowest BCUT2D eigenvalue weighted by Crippen LogP contribution is -2.09. The summed E-state index contributed by atoms with van der Waals surface area (Å²) < 4.78 is 42.0. The average Bonchev–Trinajstić information content (AvgIpc) is 2.36. The summed E-state index contributed by atoms with van der Waals surface area (Å²) in [5, 5.41) is 8.94. The van der Waals surface area contributed by atoms with Crippen LogP contribution >= 0.6 is 23.4 Å². The van der Waals surface area contributed by atoms with Gasteiger partial charge < -0.3 is 4.74 Å². The van der Waals surface area contributed by atoms with Crippen molar-refractivity contribution in [3.05, 3.63) is 28.8 Å². The van der Waals surface area contributed by atoms with Crippen molar-refractivity contribution in [2.75, 3.05) is 6.61 Å². The molecule has 1 rings (SSSR count). The lowest BCUT2D eigenvalue weighted by molar-refractivity contribution is -0.0328. The van der Waals surface area contributed by atoms with Gasteiger partial charge in [0.1, 0.15) is 6.07 Å². The summed E-state index contributed by atoms with van der Waals surface area (Å²) in [6, 6.07) is 3.85. The molecule has 8 heteroatoms. The first-order valence-electron chi connectivity index (χ1n) is 5.38. The van der Waals surface area contributed by atoms with Gasteiger partial charge in [-0.15, -0.1) is 11.6 Å². The molecule has 0 saturated carbocycles. The monoisotopic (exact) mass is 323 g/mol. The molecule has 0 aliphatic heterocycles. The fraction of sp³-hybridized carbons (Fsp3) is 0.333. The van der Waals surface area contributed by atoms with Gasteiger partial charge in [-0.1, -0.05) is 0 Å². The SMILES string of the molecule is CCOC(=O)c1cc(CCl)c(SC(F)(F)F)cc1C#N. The third-order valence-corrected chi connectivity index (χ3v) is 3.31. The van der Waals surface area contributed by atoms with Crippen molar-refractivity contribution in [2.45, 2.75) is 23.2 Å². The standard InChI is InChI=1S/C12H9ClF3NO2S/c1-2-19-11(18)9-3-7(5-13)10(4-8(9)6-17)20-12(14,15)16/h3-4H,2,5H2,1H3. The summed E-state index contributed by atoms with van der Waals surface area (Å²) in [5.41, 5.74) is -4.64. The molecule has 0 atom stereocenters. The van der Waals surface area contributed by atoms with Crippen molar-refractivity contribution < 1.29 is 22.7 Å². The molecule has 0 fully saturated rings. The van der Waals surface area contributed by atoms with Gasteiger partial charge in [-0.25, -0.2) is 4.79 Å². The summed E-state index contributed by atoms with van der Waals surface area (Å²) in [7, 11) is 0. The zero-order valence-electron chi connectivity index (χ0n) is 10.3. The van der Waals surface area contributed by atoms with Gasteiger partial charge in [-0.3, -0.25) is 0 Å². The van der Waals surface area contributed by atoms with E-state index in [9.17, 15) is 18.0 Å². The second kappa shape index (κ2) is 6.86. The summed E-state index contributed by atoms with van der Waals surface area (Å²) in [4.78, 5) is 11.4. The highest BCUT2D eigenvalue weighted by Gasteiger charge is 2.31. The topological polar surface area (TPSA) is 50.1 Å². The number of hydrogen-bond donors (Lipinski definition) is 0. The Morgan fingerprint density at radius 3 is 2.60 bits per heavy atom. The van der Waals surface area contributed by atoms with E-state index < -0.39 is 11.5 Å². The first kappa shape index (κ1) is 16.7. The minimum absolute atomic E-state index is 0.0866. The molecule has 1 aromatic carbocycles. The second-order valence-electron chi connectivity index (χ2n) is 3.52. The van der Waals surface area contributed by atoms with Crippen molar-refractivity contribution in [2.24, 2.45) is 0 Å². The minimum Gasteiger partial charge on any atom is -0.462 e. The van der Waals surface area contributed by atoms with E-state index in [-0.39, 0.29) is 45.8 Å². The van der Waals surface area contributed by atoms with Gasteiger partial charge >= 0.3 is 11.5 Å². The van der Waals surface area contributed by atoms with Crippen molar-refractivity contribution >= 4 is 29.3 Å². The van der Waals surface area contributed by atoms with Crippen LogP contribution in [0.1, 0.15) is 28.4 Å². The molecule has 1 aromatic rings. The molecule has 0 aliphatic rings. The number of hydrogen-bond acceptors (Lipinski definition) is 4. The number of nitrogens with zero attached hydrogens (tertiary/aromatic N) is 1. The van der Waals surface area contributed by atoms with Gasteiger partial charge in [0.2, 0.25) is 0 Å². The maximum Gasteiger partial charge on any atom is 0.446 e. The van der Waals surface area contributed by atoms with Crippen molar-refractivity contribution in [3.8, 4) is 6.07 Å². The number of ether oxygens (including phenoxy) is 1. The maximum absolute atomic E-state index is 12.4. The summed E-state index contributed by atoms with van der Waals surface area (Å²) in [6.07, 6.45) is 0. The molecule has 0 heterocycles. The first-order chi connectivity index (χ1) is 9.32. The van der Waals surface area contributed by atoms with Gasteiger partial charge in [-0.05, 0) is 36.4 Å². The number of carbonyl (C=O) groups excluding carboxylic acids is 1. The number of benzene rings is 1. The number of halogens is 4. The minimum atomic E-state index is -4.50. The molecular weight excluding hydrogens is 315 g/mol. The molecule has 0 spiro atoms. The van der Waals surface area contributed by atoms with Crippen LogP contribution in [0.5, 0.6) is 0 Å². The third-order valence-electron chi connectivity index (χ3n) is 2.19. The number of rotatable bonds is 4. The molecule has 0 unspecified atom stereocenters. The number of alkyl halides is 4. The van der Waals surface area contributed by atoms with E-state index >= 15 is 0 Å². The Kier molecular flexibility index (Phi) is 5.72. The van der Waals surface area contributed by atoms with Crippen molar-refractivity contribution in [3.63, 3.8) is 0 Å². The quantitative estimate of drug-likeness (QED) is 0.476. The average molecular weight is 324 g/mol. The largest absolute Gasteiger partial charge is 0.462 e. The summed E-state index contributed by atoms with van der Waals surface area (Å²) in [5.74, 6) is -0.977. The molecule has 3 nitrogen and oxygen atoms in total. The smallest absolute Gasteiger partial charge is 0.446 e. The highest BCUT2D eigenvalue weighted by atomic mass is 35.5. The number of esters is 1. The molecule has 0 radical (unpaired) electrons. The van der Waals surface area contributed by atoms with Crippen LogP contribution in [-0.2, 0) is 10.6 Å². The Labute approximate surface area is 122 Å². The summed E-state index contributed by atoms with van der Waals surface area (Å²) in [6.45, 7) is 1.68. The van der Waals surface area contributed by atoms with E-state index in [0.29, 0.717) is 0 Å². The van der Waals surface area contributed by atoms with Crippen LogP contribution in [0.4, 0.5) is 13.2 Å². The molecule has 20 heavy (non-hydrogen) atoms. The van der Waals surface area contributed by atoms with Crippen LogP contribution in [0.3, 0.4) is 0 Å². The van der Waals surface area contributed by atoms with E-state index in [1.54, 1.807) is 13.0 Å². The van der Waals surface area contributed by atoms with Gasteiger partial charge in [0.05, 0.1) is 17.7 Å². The van der Waals surface area contributed by atoms with Crippen LogP contribution < -0.4 is 0 Å². The Bertz CT molecular complexity index is 555. The van der Waals surface area contributed by atoms with E-state index in [4.69, 9.17) is 21.6 Å². The van der Waals surface area contributed by atoms with E-state index in [1.165, 1.54) is 0 Å². The zero-order valence-corrected chi connectivity index (χ0v) is 11.8. The van der Waals surface area contributed by atoms with Crippen LogP contribution in [0, 0.1) is 11.3 Å². The predicted molar refractivity (Wildman–Crippen MR) is 68.6 cm³/mol. The summed E-state index contributed by atoms with van der Waals surface area (Å²) >= 11 is 5.22. The van der Waals surface area contributed by atoms with Crippen LogP contribution in [0.25, 0.3) is 0 Å². The first-order valence-corrected chi connectivity index (χ1v) is 6.73. The molecule has 0 aromatic heterocycles.